The summed E-state index contributed by atoms with van der Waals surface area (Å²) in [5.41, 5.74) is 9.22. The molecule has 1 aliphatic heterocycles. The molecule has 2 aromatic rings. The molecule has 0 bridgehead atoms. The van der Waals surface area contributed by atoms with Gasteiger partial charge in [0.05, 0.1) is 30.0 Å². The molecule has 86 valence electrons. The third kappa shape index (κ3) is 1.58. The van der Waals surface area contributed by atoms with E-state index in [1.54, 1.807) is 6.26 Å². The van der Waals surface area contributed by atoms with Gasteiger partial charge in [0.25, 0.3) is 0 Å². The summed E-state index contributed by atoms with van der Waals surface area (Å²) in [6.07, 6.45) is 3.75. The third-order valence-electron chi connectivity index (χ3n) is 3.01. The Hall–Kier alpha value is -2.23. The van der Waals surface area contributed by atoms with Crippen molar-refractivity contribution in [2.45, 2.75) is 5.92 Å². The maximum absolute atomic E-state index is 5.71. The number of nitrogens with one attached hydrogen (secondary N) is 1. The van der Waals surface area contributed by atoms with Crippen LogP contribution in [-0.2, 0) is 4.74 Å². The van der Waals surface area contributed by atoms with Crippen molar-refractivity contribution in [3.05, 3.63) is 48.4 Å². The Morgan fingerprint density at radius 1 is 1.53 bits per heavy atom. The fourth-order valence-electron chi connectivity index (χ4n) is 2.06. The van der Waals surface area contributed by atoms with Gasteiger partial charge in [0.2, 0.25) is 0 Å². The monoisotopic (exact) mass is 227 g/mol. The molecule has 1 unspecified atom stereocenters. The molecule has 1 aromatic carbocycles. The second kappa shape index (κ2) is 3.66. The molecule has 1 aromatic heterocycles. The van der Waals surface area contributed by atoms with Gasteiger partial charge in [-0.25, -0.2) is 0 Å². The van der Waals surface area contributed by atoms with Crippen LogP contribution >= 0.6 is 0 Å². The molecule has 0 saturated carbocycles. The number of benzene rings is 1. The standard InChI is InChI=1S/C13H13N3O/c1-8(14)9-2-3-12-11(6-9)13(16-15-12)10-4-5-17-7-10/h2-6,10H,1,7,14H2,(H,15,16). The minimum Gasteiger partial charge on any atom is -0.500 e. The van der Waals surface area contributed by atoms with Gasteiger partial charge in [-0.2, -0.15) is 5.10 Å². The summed E-state index contributed by atoms with van der Waals surface area (Å²) in [5, 5.41) is 8.43. The van der Waals surface area contributed by atoms with E-state index in [2.05, 4.69) is 16.8 Å². The second-order valence-corrected chi connectivity index (χ2v) is 4.16. The number of aromatic nitrogens is 2. The topological polar surface area (TPSA) is 63.9 Å². The number of nitrogens with zero attached hydrogens (tertiary/aromatic N) is 1. The predicted octanol–water partition coefficient (Wildman–Crippen LogP) is 2.12. The molecule has 0 aliphatic carbocycles. The lowest BCUT2D eigenvalue weighted by molar-refractivity contribution is 0.269. The van der Waals surface area contributed by atoms with Crippen LogP contribution in [0.3, 0.4) is 0 Å². The van der Waals surface area contributed by atoms with Crippen molar-refractivity contribution in [1.82, 2.24) is 10.2 Å². The van der Waals surface area contributed by atoms with E-state index in [0.29, 0.717) is 12.3 Å². The van der Waals surface area contributed by atoms with Crippen LogP contribution in [0.4, 0.5) is 0 Å². The minimum absolute atomic E-state index is 0.237. The van der Waals surface area contributed by atoms with Crippen molar-refractivity contribution in [1.29, 1.82) is 0 Å². The summed E-state index contributed by atoms with van der Waals surface area (Å²) < 4.78 is 5.24. The molecule has 1 aliphatic rings. The van der Waals surface area contributed by atoms with Gasteiger partial charge >= 0.3 is 0 Å². The normalized spacial score (nSPS) is 18.5. The van der Waals surface area contributed by atoms with E-state index in [0.717, 1.165) is 22.2 Å². The average Bonchev–Trinajstić information content (AvgIpc) is 2.96. The number of aromatic amines is 1. The fourth-order valence-corrected chi connectivity index (χ4v) is 2.06. The zero-order valence-electron chi connectivity index (χ0n) is 9.31. The zero-order chi connectivity index (χ0) is 11.8. The van der Waals surface area contributed by atoms with Gasteiger partial charge in [0, 0.05) is 11.1 Å². The van der Waals surface area contributed by atoms with Gasteiger partial charge in [0.15, 0.2) is 0 Å². The van der Waals surface area contributed by atoms with Gasteiger partial charge in [-0.1, -0.05) is 12.6 Å². The van der Waals surface area contributed by atoms with Gasteiger partial charge in [-0.15, -0.1) is 0 Å². The summed E-state index contributed by atoms with van der Waals surface area (Å²) in [4.78, 5) is 0. The summed E-state index contributed by atoms with van der Waals surface area (Å²) >= 11 is 0. The molecule has 0 spiro atoms. The molecule has 0 fully saturated rings. The lowest BCUT2D eigenvalue weighted by Crippen LogP contribution is -1.99. The molecular formula is C13H13N3O. The Bertz CT molecular complexity index is 612. The second-order valence-electron chi connectivity index (χ2n) is 4.16. The number of fused-ring (bicyclic) bond motifs is 1. The quantitative estimate of drug-likeness (QED) is 0.826. The molecule has 0 radical (unpaired) electrons. The smallest absolute Gasteiger partial charge is 0.0992 e. The van der Waals surface area contributed by atoms with Crippen LogP contribution in [0.5, 0.6) is 0 Å². The van der Waals surface area contributed by atoms with Crippen LogP contribution in [0, 0.1) is 0 Å². The third-order valence-corrected chi connectivity index (χ3v) is 3.01. The van der Waals surface area contributed by atoms with Crippen molar-refractivity contribution in [3.63, 3.8) is 0 Å². The van der Waals surface area contributed by atoms with Crippen molar-refractivity contribution < 1.29 is 4.74 Å². The molecule has 4 heteroatoms. The molecule has 4 nitrogen and oxygen atoms in total. The summed E-state index contributed by atoms with van der Waals surface area (Å²) in [5.74, 6) is 0.237. The summed E-state index contributed by atoms with van der Waals surface area (Å²) in [7, 11) is 0. The first kappa shape index (κ1) is 9.96. The van der Waals surface area contributed by atoms with E-state index in [1.165, 1.54) is 0 Å². The van der Waals surface area contributed by atoms with Crippen LogP contribution in [0.1, 0.15) is 17.2 Å². The molecule has 1 atom stereocenters. The van der Waals surface area contributed by atoms with Crippen LogP contribution in [0.2, 0.25) is 0 Å². The summed E-state index contributed by atoms with van der Waals surface area (Å²) in [6, 6.07) is 5.89. The number of rotatable bonds is 2. The van der Waals surface area contributed by atoms with Gasteiger partial charge in [-0.3, -0.25) is 5.10 Å². The zero-order valence-corrected chi connectivity index (χ0v) is 9.31. The largest absolute Gasteiger partial charge is 0.500 e. The van der Waals surface area contributed by atoms with Crippen LogP contribution < -0.4 is 5.73 Å². The van der Waals surface area contributed by atoms with Gasteiger partial charge in [0.1, 0.15) is 0 Å². The minimum atomic E-state index is 0.237. The van der Waals surface area contributed by atoms with Crippen LogP contribution in [0.15, 0.2) is 37.1 Å². The lowest BCUT2D eigenvalue weighted by atomic mass is 10.0. The maximum Gasteiger partial charge on any atom is 0.0992 e. The number of hydrogen-bond acceptors (Lipinski definition) is 3. The number of nitrogens with two attached hydrogens (primary N) is 1. The fraction of sp³-hybridized carbons (Fsp3) is 0.154. The van der Waals surface area contributed by atoms with Crippen molar-refractivity contribution in [3.8, 4) is 0 Å². The highest BCUT2D eigenvalue weighted by atomic mass is 16.5. The first-order chi connectivity index (χ1) is 8.25. The summed E-state index contributed by atoms with van der Waals surface area (Å²) in [6.45, 7) is 4.41. The Balaban J connectivity index is 2.15. The SMILES string of the molecule is C=C(N)c1ccc2n[nH]c(C3C=COC3)c2c1. The van der Waals surface area contributed by atoms with E-state index < -0.39 is 0 Å². The van der Waals surface area contributed by atoms with Crippen LogP contribution in [-0.4, -0.2) is 16.8 Å². The van der Waals surface area contributed by atoms with Crippen molar-refractivity contribution >= 4 is 16.6 Å². The predicted molar refractivity (Wildman–Crippen MR) is 67.1 cm³/mol. The number of H-pyrrole nitrogens is 1. The molecule has 17 heavy (non-hydrogen) atoms. The Labute approximate surface area is 98.8 Å². The van der Waals surface area contributed by atoms with Crippen molar-refractivity contribution in [2.24, 2.45) is 5.73 Å². The van der Waals surface area contributed by atoms with Gasteiger partial charge in [-0.05, 0) is 23.8 Å². The average molecular weight is 227 g/mol. The highest BCUT2D eigenvalue weighted by Gasteiger charge is 2.18. The first-order valence-electron chi connectivity index (χ1n) is 5.47. The molecule has 2 heterocycles. The Morgan fingerprint density at radius 2 is 2.41 bits per heavy atom. The molecule has 3 N–H and O–H groups in total. The van der Waals surface area contributed by atoms with Gasteiger partial charge < -0.3 is 10.5 Å². The molecule has 0 amide bonds. The number of hydrogen-bond donors (Lipinski definition) is 2. The van der Waals surface area contributed by atoms with Crippen molar-refractivity contribution in [2.75, 3.05) is 6.61 Å². The highest BCUT2D eigenvalue weighted by molar-refractivity contribution is 5.85. The van der Waals surface area contributed by atoms with E-state index in [4.69, 9.17) is 10.5 Å². The Morgan fingerprint density at radius 3 is 3.12 bits per heavy atom. The molecule has 3 rings (SSSR count). The van der Waals surface area contributed by atoms with E-state index in [1.807, 2.05) is 24.3 Å². The number of ether oxygens (including phenoxy) is 1. The first-order valence-corrected chi connectivity index (χ1v) is 5.47. The van der Waals surface area contributed by atoms with E-state index in [9.17, 15) is 0 Å². The molecular weight excluding hydrogens is 214 g/mol. The van der Waals surface area contributed by atoms with E-state index >= 15 is 0 Å². The lowest BCUT2D eigenvalue weighted by Gasteiger charge is -2.05. The highest BCUT2D eigenvalue weighted by Crippen LogP contribution is 2.28. The van der Waals surface area contributed by atoms with E-state index in [-0.39, 0.29) is 5.92 Å². The molecule has 0 saturated heterocycles. The maximum atomic E-state index is 5.71. The van der Waals surface area contributed by atoms with Crippen LogP contribution in [0.25, 0.3) is 16.6 Å². The Kier molecular flexibility index (Phi) is 2.14.